The summed E-state index contributed by atoms with van der Waals surface area (Å²) in [5.74, 6) is -1.66. The average molecular weight is 354 g/mol. The summed E-state index contributed by atoms with van der Waals surface area (Å²) >= 11 is 0. The van der Waals surface area contributed by atoms with Gasteiger partial charge < -0.3 is 0 Å². The predicted octanol–water partition coefficient (Wildman–Crippen LogP) is 1.44. The molecule has 6 nitrogen and oxygen atoms in total. The van der Waals surface area contributed by atoms with Crippen LogP contribution in [0.25, 0.3) is 0 Å². The highest BCUT2D eigenvalue weighted by Gasteiger charge is 2.50. The fourth-order valence-electron chi connectivity index (χ4n) is 4.95. The molecule has 26 heavy (non-hydrogen) atoms. The maximum Gasteiger partial charge on any atom is 0.233 e. The highest BCUT2D eigenvalue weighted by molar-refractivity contribution is 6.06. The first-order valence-electron chi connectivity index (χ1n) is 9.01. The highest BCUT2D eigenvalue weighted by Crippen LogP contribution is 2.47. The molecule has 2 fully saturated rings. The van der Waals surface area contributed by atoms with E-state index in [0.717, 1.165) is 16.7 Å². The molecule has 2 heterocycles. The summed E-state index contributed by atoms with van der Waals surface area (Å²) in [6.45, 7) is 3.89. The molecular weight excluding hydrogens is 332 g/mol. The molecule has 0 bridgehead atoms. The predicted molar refractivity (Wildman–Crippen MR) is 93.3 cm³/mol. The lowest BCUT2D eigenvalue weighted by Crippen LogP contribution is -2.27. The molecule has 4 amide bonds. The maximum absolute atomic E-state index is 12.4. The van der Waals surface area contributed by atoms with Crippen LogP contribution in [0.15, 0.2) is 35.5 Å². The average Bonchev–Trinajstić information content (AvgIpc) is 3.01. The van der Waals surface area contributed by atoms with Crippen LogP contribution < -0.4 is 0 Å². The lowest BCUT2D eigenvalue weighted by atomic mass is 9.71. The van der Waals surface area contributed by atoms with Gasteiger partial charge in [-0.3, -0.25) is 29.0 Å². The van der Waals surface area contributed by atoms with E-state index in [4.69, 9.17) is 0 Å². The second kappa shape index (κ2) is 5.76. The number of imide groups is 2. The van der Waals surface area contributed by atoms with Crippen LogP contribution in [-0.2, 0) is 19.2 Å². The smallest absolute Gasteiger partial charge is 0.233 e. The van der Waals surface area contributed by atoms with Crippen molar-refractivity contribution in [3.63, 3.8) is 0 Å². The van der Waals surface area contributed by atoms with Gasteiger partial charge in [-0.25, -0.2) is 0 Å². The Morgan fingerprint density at radius 3 is 1.92 bits per heavy atom. The molecule has 0 spiro atoms. The van der Waals surface area contributed by atoms with Gasteiger partial charge in [-0.15, -0.1) is 0 Å². The molecule has 0 saturated carbocycles. The van der Waals surface area contributed by atoms with Crippen molar-refractivity contribution in [3.8, 4) is 0 Å². The fourth-order valence-corrected chi connectivity index (χ4v) is 4.95. The lowest BCUT2D eigenvalue weighted by molar-refractivity contribution is -0.139. The third kappa shape index (κ3) is 2.17. The number of allylic oxidation sites excluding steroid dienone is 5. The van der Waals surface area contributed by atoms with Crippen LogP contribution in [0.3, 0.4) is 0 Å². The molecule has 2 aliphatic heterocycles. The number of hydrogen-bond donors (Lipinski definition) is 0. The second-order valence-electron chi connectivity index (χ2n) is 7.68. The van der Waals surface area contributed by atoms with Crippen molar-refractivity contribution in [1.82, 2.24) is 9.80 Å². The van der Waals surface area contributed by atoms with Crippen LogP contribution in [-0.4, -0.2) is 47.5 Å². The number of rotatable bonds is 2. The van der Waals surface area contributed by atoms with Crippen molar-refractivity contribution in [2.24, 2.45) is 23.7 Å². The number of carbonyl (C=O) groups is 4. The zero-order valence-corrected chi connectivity index (χ0v) is 15.0. The van der Waals surface area contributed by atoms with Crippen LogP contribution >= 0.6 is 0 Å². The van der Waals surface area contributed by atoms with Crippen molar-refractivity contribution in [2.45, 2.75) is 25.7 Å². The zero-order valence-electron chi connectivity index (χ0n) is 15.0. The van der Waals surface area contributed by atoms with Gasteiger partial charge in [0.15, 0.2) is 0 Å². The monoisotopic (exact) mass is 354 g/mol. The summed E-state index contributed by atoms with van der Waals surface area (Å²) in [6.07, 6.45) is 5.88. The summed E-state index contributed by atoms with van der Waals surface area (Å²) in [4.78, 5) is 51.8. The minimum atomic E-state index is -0.326. The van der Waals surface area contributed by atoms with E-state index in [1.54, 1.807) is 20.2 Å². The zero-order chi connectivity index (χ0) is 18.7. The lowest BCUT2D eigenvalue weighted by Gasteiger charge is -2.30. The highest BCUT2D eigenvalue weighted by atomic mass is 16.2. The molecular formula is C20H22N2O4. The van der Waals surface area contributed by atoms with Crippen LogP contribution in [0.5, 0.6) is 0 Å². The summed E-state index contributed by atoms with van der Waals surface area (Å²) in [7, 11) is 3.08. The van der Waals surface area contributed by atoms with Gasteiger partial charge >= 0.3 is 0 Å². The van der Waals surface area contributed by atoms with Gasteiger partial charge in [-0.1, -0.05) is 18.7 Å². The van der Waals surface area contributed by atoms with E-state index in [2.05, 4.69) is 6.58 Å². The molecule has 6 heteroatoms. The van der Waals surface area contributed by atoms with Gasteiger partial charge in [0.2, 0.25) is 23.6 Å². The third-order valence-corrected chi connectivity index (χ3v) is 6.51. The molecule has 0 aromatic heterocycles. The Labute approximate surface area is 152 Å². The normalized spacial score (nSPS) is 34.3. The maximum atomic E-state index is 12.4. The van der Waals surface area contributed by atoms with Gasteiger partial charge in [0.1, 0.15) is 0 Å². The van der Waals surface area contributed by atoms with Gasteiger partial charge in [0.25, 0.3) is 0 Å². The van der Waals surface area contributed by atoms with Crippen LogP contribution in [0.1, 0.15) is 25.7 Å². The minimum Gasteiger partial charge on any atom is -0.285 e. The van der Waals surface area contributed by atoms with Gasteiger partial charge in [-0.2, -0.15) is 0 Å². The number of carbonyl (C=O) groups excluding carboxylic acids is 4. The summed E-state index contributed by atoms with van der Waals surface area (Å²) in [5, 5.41) is 0. The van der Waals surface area contributed by atoms with Crippen LogP contribution in [0, 0.1) is 23.7 Å². The van der Waals surface area contributed by atoms with Gasteiger partial charge in [-0.05, 0) is 42.4 Å². The topological polar surface area (TPSA) is 74.8 Å². The number of fused-ring (bicyclic) bond motifs is 2. The van der Waals surface area contributed by atoms with Crippen molar-refractivity contribution in [3.05, 3.63) is 35.5 Å². The number of hydrogen-bond acceptors (Lipinski definition) is 4. The number of likely N-dealkylation sites (tertiary alicyclic amines) is 2. The van der Waals surface area contributed by atoms with Gasteiger partial charge in [0.05, 0.1) is 23.7 Å². The van der Waals surface area contributed by atoms with E-state index >= 15 is 0 Å². The molecule has 4 atom stereocenters. The third-order valence-electron chi connectivity index (χ3n) is 6.51. The second-order valence-corrected chi connectivity index (χ2v) is 7.68. The Morgan fingerprint density at radius 1 is 0.846 bits per heavy atom. The van der Waals surface area contributed by atoms with E-state index in [1.807, 2.05) is 6.08 Å². The molecule has 0 radical (unpaired) electrons. The fraction of sp³-hybridized carbons (Fsp3) is 0.500. The van der Waals surface area contributed by atoms with Crippen molar-refractivity contribution in [2.75, 3.05) is 14.1 Å². The Morgan fingerprint density at radius 2 is 1.35 bits per heavy atom. The Balaban J connectivity index is 1.66. The Bertz CT molecular complexity index is 822. The molecule has 0 unspecified atom stereocenters. The summed E-state index contributed by atoms with van der Waals surface area (Å²) in [5.41, 5.74) is 3.05. The van der Waals surface area contributed by atoms with Gasteiger partial charge in [0, 0.05) is 14.1 Å². The SMILES string of the molecule is C=CC1=C(C2=CC[C@@H]3C(=O)N(C)C(=O)[C@@H]3C2)C[C@H]2C(=O)N(C)C(=O)[C@H]2C1. The van der Waals surface area contributed by atoms with Crippen LogP contribution in [0.4, 0.5) is 0 Å². The van der Waals surface area contributed by atoms with E-state index in [-0.39, 0.29) is 47.3 Å². The molecule has 4 aliphatic rings. The molecule has 4 rings (SSSR count). The molecule has 2 aliphatic carbocycles. The first-order valence-corrected chi connectivity index (χ1v) is 9.01. The van der Waals surface area contributed by atoms with Crippen molar-refractivity contribution in [1.29, 1.82) is 0 Å². The molecule has 0 N–H and O–H groups in total. The minimum absolute atomic E-state index is 0.102. The number of amides is 4. The quantitative estimate of drug-likeness (QED) is 0.704. The largest absolute Gasteiger partial charge is 0.285 e. The van der Waals surface area contributed by atoms with Crippen LogP contribution in [0.2, 0.25) is 0 Å². The number of nitrogens with zero attached hydrogens (tertiary/aromatic N) is 2. The standard InChI is InChI=1S/C20H22N2O4/c1-4-10-7-15-16(20(26)22(3)19(15)25)9-13(10)11-5-6-12-14(8-11)18(24)21(2)17(12)23/h4-5,12,14-16H,1,6-9H2,2-3H3/t12-,14+,15-,16+/m0/s1. The Kier molecular flexibility index (Phi) is 3.75. The first-order chi connectivity index (χ1) is 12.3. The molecule has 0 aromatic carbocycles. The summed E-state index contributed by atoms with van der Waals surface area (Å²) in [6, 6.07) is 0. The van der Waals surface area contributed by atoms with Crippen molar-refractivity contribution >= 4 is 23.6 Å². The van der Waals surface area contributed by atoms with E-state index in [9.17, 15) is 19.2 Å². The Hall–Kier alpha value is -2.50. The molecule has 0 aromatic rings. The summed E-state index contributed by atoms with van der Waals surface area (Å²) < 4.78 is 0. The van der Waals surface area contributed by atoms with E-state index in [0.29, 0.717) is 25.7 Å². The molecule has 136 valence electrons. The van der Waals surface area contributed by atoms with E-state index < -0.39 is 0 Å². The first kappa shape index (κ1) is 16.9. The van der Waals surface area contributed by atoms with Crippen molar-refractivity contribution < 1.29 is 19.2 Å². The van der Waals surface area contributed by atoms with E-state index in [1.165, 1.54) is 9.80 Å². The molecule has 2 saturated heterocycles.